The van der Waals surface area contributed by atoms with Crippen LogP contribution in [0.1, 0.15) is 18.9 Å². The van der Waals surface area contributed by atoms with Crippen molar-refractivity contribution >= 4 is 41.0 Å². The topological polar surface area (TPSA) is 114 Å². The molecule has 4 N–H and O–H groups in total. The van der Waals surface area contributed by atoms with Crippen LogP contribution in [0, 0.1) is 11.6 Å². The number of hydroxylamine groups is 1. The first-order chi connectivity index (χ1) is 16.7. The van der Waals surface area contributed by atoms with Gasteiger partial charge < -0.3 is 10.2 Å². The van der Waals surface area contributed by atoms with Crippen molar-refractivity contribution in [3.05, 3.63) is 58.6 Å². The summed E-state index contributed by atoms with van der Waals surface area (Å²) in [6.07, 6.45) is -1.25. The first-order valence-corrected chi connectivity index (χ1v) is 11.9. The maximum Gasteiger partial charge on any atom is 0.346 e. The molecule has 3 rings (SSSR count). The summed E-state index contributed by atoms with van der Waals surface area (Å²) in [6.45, 7) is 0.466. The Labute approximate surface area is 209 Å². The number of urea groups is 1. The molecule has 35 heavy (non-hydrogen) atoms. The van der Waals surface area contributed by atoms with Gasteiger partial charge >= 0.3 is 6.03 Å². The Morgan fingerprint density at radius 1 is 1.31 bits per heavy atom. The van der Waals surface area contributed by atoms with Crippen LogP contribution < -0.4 is 15.8 Å². The minimum atomic E-state index is -1.17. The molecule has 0 aromatic heterocycles. The lowest BCUT2D eigenvalue weighted by atomic mass is 10.1. The van der Waals surface area contributed by atoms with Gasteiger partial charge in [0.15, 0.2) is 0 Å². The lowest BCUT2D eigenvalue weighted by Crippen LogP contribution is -2.52. The number of anilines is 1. The third-order valence-electron chi connectivity index (χ3n) is 5.17. The Bertz CT molecular complexity index is 1070. The number of hydrazine groups is 1. The van der Waals surface area contributed by atoms with Gasteiger partial charge in [-0.05, 0) is 36.2 Å². The normalized spacial score (nSPS) is 14.4. The maximum atomic E-state index is 13.7. The molecular weight excluding hydrogens is 506 g/mol. The number of fused-ring (bicyclic) bond motifs is 1. The van der Waals surface area contributed by atoms with E-state index in [0.717, 1.165) is 5.01 Å². The number of aliphatic hydroxyl groups is 2. The van der Waals surface area contributed by atoms with Crippen molar-refractivity contribution in [1.82, 2.24) is 15.9 Å². The summed E-state index contributed by atoms with van der Waals surface area (Å²) in [4.78, 5) is 32.2. The highest BCUT2D eigenvalue weighted by atomic mass is 35.5. The number of halogens is 3. The molecule has 9 nitrogen and oxygen atoms in total. The van der Waals surface area contributed by atoms with E-state index in [2.05, 4.69) is 10.9 Å². The van der Waals surface area contributed by atoms with E-state index in [1.165, 1.54) is 53.9 Å². The second-order valence-electron chi connectivity index (χ2n) is 7.69. The van der Waals surface area contributed by atoms with Gasteiger partial charge in [0, 0.05) is 18.4 Å². The van der Waals surface area contributed by atoms with Gasteiger partial charge in [0.1, 0.15) is 11.6 Å². The third kappa shape index (κ3) is 7.03. The molecule has 1 heterocycles. The molecule has 0 radical (unpaired) electrons. The first-order valence-electron chi connectivity index (χ1n) is 10.6. The number of rotatable bonds is 10. The Morgan fingerprint density at radius 3 is 2.80 bits per heavy atom. The zero-order chi connectivity index (χ0) is 25.5. The zero-order valence-corrected chi connectivity index (χ0v) is 20.3. The summed E-state index contributed by atoms with van der Waals surface area (Å²) in [5.41, 5.74) is 6.06. The van der Waals surface area contributed by atoms with Gasteiger partial charge in [-0.15, -0.1) is 11.8 Å². The molecule has 1 aliphatic rings. The third-order valence-corrected chi connectivity index (χ3v) is 6.62. The lowest BCUT2D eigenvalue weighted by molar-refractivity contribution is -0.139. The molecule has 2 aromatic rings. The van der Waals surface area contributed by atoms with E-state index in [1.807, 2.05) is 0 Å². The van der Waals surface area contributed by atoms with Gasteiger partial charge in [0.05, 0.1) is 41.9 Å². The maximum absolute atomic E-state index is 13.7. The largest absolute Gasteiger partial charge is 0.394 e. The molecule has 0 aliphatic carbocycles. The average Bonchev–Trinajstić information content (AvgIpc) is 3.24. The molecule has 0 saturated carbocycles. The molecule has 190 valence electrons. The molecule has 2 aromatic carbocycles. The number of nitrogens with one attached hydrogen (secondary N) is 2. The van der Waals surface area contributed by atoms with Gasteiger partial charge in [0.2, 0.25) is 5.91 Å². The Kier molecular flexibility index (Phi) is 9.66. The van der Waals surface area contributed by atoms with Gasteiger partial charge in [-0.1, -0.05) is 23.7 Å². The second-order valence-corrected chi connectivity index (χ2v) is 9.06. The fourth-order valence-corrected chi connectivity index (χ4v) is 4.68. The van der Waals surface area contributed by atoms with Crippen molar-refractivity contribution in [2.45, 2.75) is 36.9 Å². The SMILES string of the molecule is CC(=O)N(NCc1cccc(F)c1Cl)[C@H](CONC(=O)N1CSc2cc(F)ccc21)C[C@@H](O)CO. The van der Waals surface area contributed by atoms with Crippen LogP contribution in [0.3, 0.4) is 0 Å². The number of benzene rings is 2. The summed E-state index contributed by atoms with van der Waals surface area (Å²) in [5, 5.41) is 20.3. The summed E-state index contributed by atoms with van der Waals surface area (Å²) in [5.74, 6) is -1.20. The smallest absolute Gasteiger partial charge is 0.346 e. The highest BCUT2D eigenvalue weighted by Gasteiger charge is 2.28. The van der Waals surface area contributed by atoms with Crippen molar-refractivity contribution in [3.8, 4) is 0 Å². The van der Waals surface area contributed by atoms with Crippen LogP contribution >= 0.6 is 23.4 Å². The number of amides is 3. The standard InChI is InChI=1S/C22H25ClF2N4O5S/c1-13(31)29(26-9-14-3-2-4-18(25)21(14)23)16(8-17(32)10-30)11-34-27-22(33)28-12-35-20-7-15(24)5-6-19(20)28/h2-7,16-17,26,30,32H,8-12H2,1H3,(H,27,33)/t16-,17+/m0/s1. The number of aliphatic hydroxyl groups excluding tert-OH is 2. The van der Waals surface area contributed by atoms with Crippen molar-refractivity contribution < 1.29 is 33.4 Å². The number of carbonyl (C=O) groups is 2. The highest BCUT2D eigenvalue weighted by molar-refractivity contribution is 8.00. The van der Waals surface area contributed by atoms with E-state index in [9.17, 15) is 28.6 Å². The van der Waals surface area contributed by atoms with Crippen molar-refractivity contribution in [2.75, 3.05) is 24.0 Å². The molecule has 1 aliphatic heterocycles. The molecule has 3 amide bonds. The second kappa shape index (κ2) is 12.5. The monoisotopic (exact) mass is 530 g/mol. The number of hydrogen-bond acceptors (Lipinski definition) is 7. The Morgan fingerprint density at radius 2 is 2.09 bits per heavy atom. The highest BCUT2D eigenvalue weighted by Crippen LogP contribution is 2.38. The number of thioether (sulfide) groups is 1. The molecule has 0 spiro atoms. The van der Waals surface area contributed by atoms with Crippen LogP contribution in [0.25, 0.3) is 0 Å². The van der Waals surface area contributed by atoms with Crippen LogP contribution in [0.15, 0.2) is 41.3 Å². The van der Waals surface area contributed by atoms with Crippen LogP contribution in [0.2, 0.25) is 5.02 Å². The van der Waals surface area contributed by atoms with E-state index in [-0.39, 0.29) is 30.5 Å². The number of hydrogen-bond donors (Lipinski definition) is 4. The van der Waals surface area contributed by atoms with E-state index in [1.54, 1.807) is 6.07 Å². The van der Waals surface area contributed by atoms with Gasteiger partial charge in [-0.3, -0.25) is 19.5 Å². The first kappa shape index (κ1) is 27.1. The van der Waals surface area contributed by atoms with Crippen LogP contribution in [0.5, 0.6) is 0 Å². The number of nitrogens with zero attached hydrogens (tertiary/aromatic N) is 2. The Hall–Kier alpha value is -2.48. The van der Waals surface area contributed by atoms with E-state index < -0.39 is 42.3 Å². The van der Waals surface area contributed by atoms with Gasteiger partial charge in [0.25, 0.3) is 0 Å². The van der Waals surface area contributed by atoms with E-state index >= 15 is 0 Å². The molecule has 0 unspecified atom stereocenters. The molecule has 0 saturated heterocycles. The van der Waals surface area contributed by atoms with Gasteiger partial charge in [-0.2, -0.15) is 0 Å². The average molecular weight is 531 g/mol. The van der Waals surface area contributed by atoms with Crippen molar-refractivity contribution in [3.63, 3.8) is 0 Å². The summed E-state index contributed by atoms with van der Waals surface area (Å²) in [6, 6.07) is 6.92. The van der Waals surface area contributed by atoms with Crippen molar-refractivity contribution in [2.24, 2.45) is 0 Å². The Balaban J connectivity index is 1.64. The fraction of sp³-hybridized carbons (Fsp3) is 0.364. The fourth-order valence-electron chi connectivity index (χ4n) is 3.44. The van der Waals surface area contributed by atoms with Crippen LogP contribution in [-0.2, 0) is 16.2 Å². The summed E-state index contributed by atoms with van der Waals surface area (Å²) in [7, 11) is 0. The quantitative estimate of drug-likeness (QED) is 0.349. The lowest BCUT2D eigenvalue weighted by Gasteiger charge is -2.32. The van der Waals surface area contributed by atoms with Crippen molar-refractivity contribution in [1.29, 1.82) is 0 Å². The van der Waals surface area contributed by atoms with E-state index in [0.29, 0.717) is 16.1 Å². The minimum Gasteiger partial charge on any atom is -0.394 e. The summed E-state index contributed by atoms with van der Waals surface area (Å²) >= 11 is 7.27. The number of carbonyl (C=O) groups excluding carboxylic acids is 2. The zero-order valence-electron chi connectivity index (χ0n) is 18.7. The predicted octanol–water partition coefficient (Wildman–Crippen LogP) is 2.79. The molecule has 0 fully saturated rings. The molecule has 2 atom stereocenters. The van der Waals surface area contributed by atoms with Crippen LogP contribution in [-0.4, -0.2) is 58.4 Å². The summed E-state index contributed by atoms with van der Waals surface area (Å²) < 4.78 is 27.1. The minimum absolute atomic E-state index is 0.00734. The van der Waals surface area contributed by atoms with Crippen LogP contribution in [0.4, 0.5) is 19.3 Å². The molecular formula is C22H25ClF2N4O5S. The molecule has 13 heteroatoms. The van der Waals surface area contributed by atoms with Gasteiger partial charge in [-0.25, -0.2) is 24.5 Å². The van der Waals surface area contributed by atoms with E-state index in [4.69, 9.17) is 16.4 Å². The predicted molar refractivity (Wildman–Crippen MR) is 126 cm³/mol. The molecule has 0 bridgehead atoms.